The van der Waals surface area contributed by atoms with E-state index in [2.05, 4.69) is 41.4 Å². The number of rotatable bonds is 9. The van der Waals surface area contributed by atoms with Crippen molar-refractivity contribution in [3.05, 3.63) is 59.7 Å². The molecule has 2 aliphatic rings. The lowest BCUT2D eigenvalue weighted by Gasteiger charge is -2.41. The highest BCUT2D eigenvalue weighted by atomic mass is 16.5. The van der Waals surface area contributed by atoms with E-state index in [1.807, 2.05) is 24.3 Å². The predicted octanol–water partition coefficient (Wildman–Crippen LogP) is 4.02. The van der Waals surface area contributed by atoms with Crippen molar-refractivity contribution in [2.24, 2.45) is 5.92 Å². The minimum atomic E-state index is -0.803. The number of benzene rings is 2. The summed E-state index contributed by atoms with van der Waals surface area (Å²) in [5.41, 5.74) is 4.55. The molecule has 2 N–H and O–H groups in total. The van der Waals surface area contributed by atoms with Crippen LogP contribution in [0.5, 0.6) is 0 Å². The summed E-state index contributed by atoms with van der Waals surface area (Å²) in [5, 5.41) is 11.5. The van der Waals surface area contributed by atoms with Crippen molar-refractivity contribution in [1.82, 2.24) is 10.2 Å². The topological polar surface area (TPSA) is 95.9 Å². The summed E-state index contributed by atoms with van der Waals surface area (Å²) >= 11 is 0. The van der Waals surface area contributed by atoms with Crippen molar-refractivity contribution in [3.63, 3.8) is 0 Å². The zero-order chi connectivity index (χ0) is 24.8. The molecule has 0 radical (unpaired) electrons. The first-order chi connectivity index (χ1) is 17.0. The van der Waals surface area contributed by atoms with E-state index in [-0.39, 0.29) is 31.3 Å². The molecule has 1 heterocycles. The monoisotopic (exact) mass is 474 g/mol. The molecule has 0 aromatic heterocycles. The normalized spacial score (nSPS) is 15.2. The number of likely N-dealkylation sites (tertiary alicyclic amines) is 1. The zero-order valence-corrected chi connectivity index (χ0v) is 19.8. The third-order valence-electron chi connectivity index (χ3n) is 6.69. The zero-order valence-electron chi connectivity index (χ0n) is 19.8. The Morgan fingerprint density at radius 3 is 2.31 bits per heavy atom. The lowest BCUT2D eigenvalue weighted by molar-refractivity contribution is -0.141. The number of carbonyl (C=O) groups is 3. The molecule has 2 amide bonds. The molecule has 2 aromatic carbocycles. The van der Waals surface area contributed by atoms with Gasteiger partial charge in [0, 0.05) is 31.8 Å². The van der Waals surface area contributed by atoms with Gasteiger partial charge in [0.15, 0.2) is 0 Å². The fraction of sp³-hybridized carbons (Fsp3) is 0.393. The summed E-state index contributed by atoms with van der Waals surface area (Å²) < 4.78 is 5.60. The van der Waals surface area contributed by atoms with E-state index >= 15 is 0 Å². The van der Waals surface area contributed by atoms with Crippen LogP contribution in [0.25, 0.3) is 11.1 Å². The number of amides is 2. The summed E-state index contributed by atoms with van der Waals surface area (Å²) in [5.74, 6) is 4.92. The Balaban J connectivity index is 1.33. The summed E-state index contributed by atoms with van der Waals surface area (Å²) in [6.45, 7) is 3.01. The molecule has 4 rings (SSSR count). The number of alkyl carbamates (subject to hydrolysis) is 1. The minimum absolute atomic E-state index is 0.0559. The van der Waals surface area contributed by atoms with Gasteiger partial charge in [0.05, 0.1) is 0 Å². The fourth-order valence-corrected chi connectivity index (χ4v) is 4.88. The van der Waals surface area contributed by atoms with Crippen molar-refractivity contribution in [2.75, 3.05) is 19.7 Å². The number of carbonyl (C=O) groups excluding carboxylic acids is 2. The van der Waals surface area contributed by atoms with Gasteiger partial charge < -0.3 is 20.1 Å². The van der Waals surface area contributed by atoms with Crippen molar-refractivity contribution in [2.45, 2.75) is 44.6 Å². The van der Waals surface area contributed by atoms with Crippen LogP contribution >= 0.6 is 0 Å². The van der Waals surface area contributed by atoms with E-state index in [9.17, 15) is 14.4 Å². The maximum absolute atomic E-state index is 13.0. The first kappa shape index (κ1) is 24.3. The molecule has 35 heavy (non-hydrogen) atoms. The van der Waals surface area contributed by atoms with E-state index in [0.717, 1.165) is 28.7 Å². The highest BCUT2D eigenvalue weighted by molar-refractivity contribution is 5.86. The van der Waals surface area contributed by atoms with Gasteiger partial charge in [0.2, 0.25) is 5.91 Å². The summed E-state index contributed by atoms with van der Waals surface area (Å²) in [4.78, 5) is 38.0. The summed E-state index contributed by atoms with van der Waals surface area (Å²) in [6.07, 6.45) is 1.09. The Morgan fingerprint density at radius 1 is 1.09 bits per heavy atom. The van der Waals surface area contributed by atoms with Gasteiger partial charge in [-0.1, -0.05) is 48.5 Å². The number of nitrogens with one attached hydrogen (secondary N) is 1. The highest BCUT2D eigenvalue weighted by Gasteiger charge is 2.35. The fourth-order valence-electron chi connectivity index (χ4n) is 4.88. The van der Waals surface area contributed by atoms with Crippen molar-refractivity contribution >= 4 is 18.0 Å². The van der Waals surface area contributed by atoms with Gasteiger partial charge in [-0.3, -0.25) is 9.59 Å². The number of carboxylic acid groups (broad SMARTS) is 1. The van der Waals surface area contributed by atoms with Gasteiger partial charge in [-0.2, -0.15) is 0 Å². The molecule has 1 unspecified atom stereocenters. The Labute approximate surface area is 205 Å². The van der Waals surface area contributed by atoms with Crippen LogP contribution in [0.4, 0.5) is 4.79 Å². The Hall–Kier alpha value is -3.79. The molecule has 0 bridgehead atoms. The van der Waals surface area contributed by atoms with Crippen molar-refractivity contribution in [3.8, 4) is 23.0 Å². The quantitative estimate of drug-likeness (QED) is 0.535. The average Bonchev–Trinajstić information content (AvgIpc) is 3.15. The van der Waals surface area contributed by atoms with E-state index < -0.39 is 18.1 Å². The molecule has 1 fully saturated rings. The number of hydrogen-bond acceptors (Lipinski definition) is 4. The average molecular weight is 475 g/mol. The molecule has 1 aliphatic carbocycles. The van der Waals surface area contributed by atoms with Crippen LogP contribution < -0.4 is 5.32 Å². The van der Waals surface area contributed by atoms with E-state index in [1.54, 1.807) is 11.8 Å². The Bertz CT molecular complexity index is 1110. The third kappa shape index (κ3) is 5.65. The molecule has 1 saturated heterocycles. The maximum Gasteiger partial charge on any atom is 0.407 e. The van der Waals surface area contributed by atoms with Gasteiger partial charge in [0.1, 0.15) is 12.6 Å². The largest absolute Gasteiger partial charge is 0.481 e. The van der Waals surface area contributed by atoms with Crippen molar-refractivity contribution < 1.29 is 24.2 Å². The molecule has 182 valence electrons. The molecule has 1 atom stereocenters. The van der Waals surface area contributed by atoms with E-state index in [4.69, 9.17) is 9.84 Å². The predicted molar refractivity (Wildman–Crippen MR) is 132 cm³/mol. The smallest absolute Gasteiger partial charge is 0.407 e. The molecular weight excluding hydrogens is 444 g/mol. The molecule has 7 heteroatoms. The van der Waals surface area contributed by atoms with Crippen LogP contribution in [-0.4, -0.2) is 53.7 Å². The van der Waals surface area contributed by atoms with Gasteiger partial charge in [-0.25, -0.2) is 4.79 Å². The molecule has 7 nitrogen and oxygen atoms in total. The lowest BCUT2D eigenvalue weighted by atomic mass is 9.93. The number of hydrogen-bond donors (Lipinski definition) is 2. The van der Waals surface area contributed by atoms with Crippen LogP contribution in [0.15, 0.2) is 48.5 Å². The second-order valence-electron chi connectivity index (χ2n) is 9.05. The van der Waals surface area contributed by atoms with Crippen LogP contribution in [-0.2, 0) is 14.3 Å². The number of nitrogens with zero attached hydrogens (tertiary/aromatic N) is 1. The number of carboxylic acids is 1. The van der Waals surface area contributed by atoms with Gasteiger partial charge in [0.25, 0.3) is 0 Å². The highest BCUT2D eigenvalue weighted by Crippen LogP contribution is 2.44. The van der Waals surface area contributed by atoms with Gasteiger partial charge >= 0.3 is 12.1 Å². The molecule has 0 saturated carbocycles. The second kappa shape index (κ2) is 11.1. The standard InChI is InChI=1S/C28H30N2O5/c1-2-3-14-25(27(33)30-16-19(17-30)9-8-15-26(31)32)29-28(34)35-18-24-22-12-6-4-10-20(22)21-11-5-7-13-23(21)24/h4-7,10-13,19,24-25H,8-9,14-18H2,1H3,(H,29,34)(H,31,32). The lowest BCUT2D eigenvalue weighted by Crippen LogP contribution is -2.57. The van der Waals surface area contributed by atoms with Crippen molar-refractivity contribution in [1.29, 1.82) is 0 Å². The Kier molecular flexibility index (Phi) is 7.71. The van der Waals surface area contributed by atoms with Gasteiger partial charge in [-0.05, 0) is 47.9 Å². The summed E-state index contributed by atoms with van der Waals surface area (Å²) in [6, 6.07) is 15.5. The van der Waals surface area contributed by atoms with Gasteiger partial charge in [-0.15, -0.1) is 11.8 Å². The third-order valence-corrected chi connectivity index (χ3v) is 6.69. The minimum Gasteiger partial charge on any atom is -0.481 e. The van der Waals surface area contributed by atoms with E-state index in [0.29, 0.717) is 25.4 Å². The van der Waals surface area contributed by atoms with Crippen LogP contribution in [0, 0.1) is 17.8 Å². The second-order valence-corrected chi connectivity index (χ2v) is 9.05. The van der Waals surface area contributed by atoms with Crippen LogP contribution in [0.3, 0.4) is 0 Å². The SMILES string of the molecule is CC#CCC(NC(=O)OCC1c2ccccc2-c2ccccc21)C(=O)N1CC(CCCC(=O)O)C1. The Morgan fingerprint density at radius 2 is 1.71 bits per heavy atom. The molecule has 0 spiro atoms. The number of ether oxygens (including phenoxy) is 1. The first-order valence-corrected chi connectivity index (χ1v) is 12.0. The maximum atomic E-state index is 13.0. The number of fused-ring (bicyclic) bond motifs is 3. The molecule has 1 aliphatic heterocycles. The molecule has 2 aromatic rings. The summed E-state index contributed by atoms with van der Waals surface area (Å²) in [7, 11) is 0. The first-order valence-electron chi connectivity index (χ1n) is 12.0. The van der Waals surface area contributed by atoms with E-state index in [1.165, 1.54) is 0 Å². The van der Waals surface area contributed by atoms with Crippen LogP contribution in [0.1, 0.15) is 49.7 Å². The van der Waals surface area contributed by atoms with Crippen LogP contribution in [0.2, 0.25) is 0 Å². The number of aliphatic carboxylic acids is 1. The molecular formula is C28H30N2O5.